The summed E-state index contributed by atoms with van der Waals surface area (Å²) in [5.74, 6) is -0.00971. The monoisotopic (exact) mass is 324 g/mol. The first-order chi connectivity index (χ1) is 10.4. The molecule has 1 aromatic rings. The van der Waals surface area contributed by atoms with Gasteiger partial charge >= 0.3 is 0 Å². The van der Waals surface area contributed by atoms with Crippen LogP contribution in [0.5, 0.6) is 0 Å². The van der Waals surface area contributed by atoms with Crippen molar-refractivity contribution < 1.29 is 13.2 Å². The Labute approximate surface area is 133 Å². The number of piperazine rings is 1. The minimum absolute atomic E-state index is 0.0220. The molecule has 0 aromatic heterocycles. The third-order valence-electron chi connectivity index (χ3n) is 3.95. The van der Waals surface area contributed by atoms with E-state index in [0.29, 0.717) is 19.5 Å². The second-order valence-corrected chi connectivity index (χ2v) is 8.01. The third kappa shape index (κ3) is 4.30. The van der Waals surface area contributed by atoms with Gasteiger partial charge in [-0.1, -0.05) is 30.3 Å². The predicted octanol–water partition coefficient (Wildman–Crippen LogP) is 1.50. The van der Waals surface area contributed by atoms with E-state index < -0.39 is 10.0 Å². The Kier molecular flexibility index (Phi) is 5.58. The number of carbonyl (C=O) groups excluding carboxylic acids is 1. The lowest BCUT2D eigenvalue weighted by atomic mass is 10.1. The van der Waals surface area contributed by atoms with Crippen molar-refractivity contribution in [3.63, 3.8) is 0 Å². The molecule has 1 aliphatic rings. The minimum atomic E-state index is -3.35. The maximum absolute atomic E-state index is 12.4. The molecule has 0 atom stereocenters. The van der Waals surface area contributed by atoms with Crippen LogP contribution in [0.2, 0.25) is 0 Å². The van der Waals surface area contributed by atoms with E-state index in [4.69, 9.17) is 0 Å². The highest BCUT2D eigenvalue weighted by molar-refractivity contribution is 7.89. The SMILES string of the molecule is CC(C)N1CCN(S(=O)(=O)CCCc2ccccc2)CC1=O. The third-order valence-corrected chi connectivity index (χ3v) is 5.85. The summed E-state index contributed by atoms with van der Waals surface area (Å²) in [5.41, 5.74) is 1.14. The van der Waals surface area contributed by atoms with E-state index in [0.717, 1.165) is 12.0 Å². The first-order valence-electron chi connectivity index (χ1n) is 7.71. The molecule has 1 aromatic carbocycles. The zero-order valence-corrected chi connectivity index (χ0v) is 14.1. The summed E-state index contributed by atoms with van der Waals surface area (Å²) in [4.78, 5) is 13.7. The van der Waals surface area contributed by atoms with Crippen LogP contribution in [0, 0.1) is 0 Å². The average molecular weight is 324 g/mol. The Morgan fingerprint density at radius 3 is 2.41 bits per heavy atom. The lowest BCUT2D eigenvalue weighted by Crippen LogP contribution is -2.54. The molecule has 0 saturated carbocycles. The molecule has 0 N–H and O–H groups in total. The van der Waals surface area contributed by atoms with Crippen LogP contribution in [0.15, 0.2) is 30.3 Å². The van der Waals surface area contributed by atoms with Crippen molar-refractivity contribution in [2.24, 2.45) is 0 Å². The molecule has 0 spiro atoms. The molecule has 5 nitrogen and oxygen atoms in total. The van der Waals surface area contributed by atoms with Gasteiger partial charge in [-0.05, 0) is 32.3 Å². The number of aryl methyl sites for hydroxylation is 1. The van der Waals surface area contributed by atoms with Crippen molar-refractivity contribution in [3.8, 4) is 0 Å². The Hall–Kier alpha value is -1.40. The van der Waals surface area contributed by atoms with Gasteiger partial charge in [0, 0.05) is 19.1 Å². The van der Waals surface area contributed by atoms with Crippen molar-refractivity contribution in [3.05, 3.63) is 35.9 Å². The Bertz CT molecular complexity index is 599. The van der Waals surface area contributed by atoms with Gasteiger partial charge in [0.1, 0.15) is 0 Å². The lowest BCUT2D eigenvalue weighted by Gasteiger charge is -2.36. The fourth-order valence-electron chi connectivity index (χ4n) is 2.68. The van der Waals surface area contributed by atoms with E-state index in [1.165, 1.54) is 4.31 Å². The van der Waals surface area contributed by atoms with E-state index in [2.05, 4.69) is 0 Å². The number of carbonyl (C=O) groups is 1. The molecule has 122 valence electrons. The summed E-state index contributed by atoms with van der Waals surface area (Å²) in [6.07, 6.45) is 1.31. The molecule has 1 heterocycles. The van der Waals surface area contributed by atoms with E-state index in [1.54, 1.807) is 4.90 Å². The highest BCUT2D eigenvalue weighted by Crippen LogP contribution is 2.13. The topological polar surface area (TPSA) is 57.7 Å². The van der Waals surface area contributed by atoms with Crippen LogP contribution in [-0.4, -0.2) is 55.0 Å². The second kappa shape index (κ2) is 7.24. The van der Waals surface area contributed by atoms with E-state index >= 15 is 0 Å². The molecule has 1 aliphatic heterocycles. The largest absolute Gasteiger partial charge is 0.338 e. The zero-order chi connectivity index (χ0) is 16.2. The van der Waals surface area contributed by atoms with Gasteiger partial charge in [0.2, 0.25) is 15.9 Å². The van der Waals surface area contributed by atoms with Crippen LogP contribution in [0.1, 0.15) is 25.8 Å². The highest BCUT2D eigenvalue weighted by atomic mass is 32.2. The van der Waals surface area contributed by atoms with Crippen LogP contribution in [-0.2, 0) is 21.2 Å². The van der Waals surface area contributed by atoms with E-state index in [-0.39, 0.29) is 24.2 Å². The highest BCUT2D eigenvalue weighted by Gasteiger charge is 2.32. The van der Waals surface area contributed by atoms with Crippen molar-refractivity contribution in [1.82, 2.24) is 9.21 Å². The first kappa shape index (κ1) is 17.0. The van der Waals surface area contributed by atoms with Crippen LogP contribution in [0.25, 0.3) is 0 Å². The zero-order valence-electron chi connectivity index (χ0n) is 13.2. The van der Waals surface area contributed by atoms with Crippen molar-refractivity contribution in [2.75, 3.05) is 25.4 Å². The Morgan fingerprint density at radius 2 is 1.82 bits per heavy atom. The smallest absolute Gasteiger partial charge is 0.238 e. The molecule has 6 heteroatoms. The summed E-state index contributed by atoms with van der Waals surface area (Å²) in [6, 6.07) is 9.96. The molecule has 0 radical (unpaired) electrons. The van der Waals surface area contributed by atoms with E-state index in [9.17, 15) is 13.2 Å². The normalized spacial score (nSPS) is 17.2. The summed E-state index contributed by atoms with van der Waals surface area (Å²) in [5, 5.41) is 0. The molecule has 1 saturated heterocycles. The number of nitrogens with zero attached hydrogens (tertiary/aromatic N) is 2. The van der Waals surface area contributed by atoms with Gasteiger partial charge in [0.25, 0.3) is 0 Å². The fraction of sp³-hybridized carbons (Fsp3) is 0.562. The van der Waals surface area contributed by atoms with Gasteiger partial charge in [-0.15, -0.1) is 0 Å². The summed E-state index contributed by atoms with van der Waals surface area (Å²) in [6.45, 7) is 4.75. The van der Waals surface area contributed by atoms with Gasteiger partial charge in [0.05, 0.1) is 12.3 Å². The lowest BCUT2D eigenvalue weighted by molar-refractivity contribution is -0.135. The number of hydrogen-bond acceptors (Lipinski definition) is 3. The van der Waals surface area contributed by atoms with Crippen LogP contribution in [0.3, 0.4) is 0 Å². The Morgan fingerprint density at radius 1 is 1.14 bits per heavy atom. The van der Waals surface area contributed by atoms with Crippen LogP contribution < -0.4 is 0 Å². The summed E-state index contributed by atoms with van der Waals surface area (Å²) >= 11 is 0. The standard InChI is InChI=1S/C16H24N2O3S/c1-14(2)18-11-10-17(13-16(18)19)22(20,21)12-6-9-15-7-4-3-5-8-15/h3-5,7-8,14H,6,9-13H2,1-2H3. The average Bonchev–Trinajstić information content (AvgIpc) is 2.47. The van der Waals surface area contributed by atoms with Crippen molar-refractivity contribution in [1.29, 1.82) is 0 Å². The number of amides is 1. The van der Waals surface area contributed by atoms with Gasteiger partial charge in [-0.2, -0.15) is 4.31 Å². The molecule has 1 fully saturated rings. The number of rotatable bonds is 6. The number of benzene rings is 1. The van der Waals surface area contributed by atoms with Gasteiger partial charge in [-0.25, -0.2) is 8.42 Å². The Balaban J connectivity index is 1.87. The quantitative estimate of drug-likeness (QED) is 0.797. The summed E-state index contributed by atoms with van der Waals surface area (Å²) in [7, 11) is -3.35. The first-order valence-corrected chi connectivity index (χ1v) is 9.32. The number of sulfonamides is 1. The van der Waals surface area contributed by atoms with Gasteiger partial charge in [-0.3, -0.25) is 4.79 Å². The van der Waals surface area contributed by atoms with Crippen molar-refractivity contribution >= 4 is 15.9 Å². The molecule has 22 heavy (non-hydrogen) atoms. The molecular weight excluding hydrogens is 300 g/mol. The van der Waals surface area contributed by atoms with E-state index in [1.807, 2.05) is 44.2 Å². The molecule has 0 unspecified atom stereocenters. The number of hydrogen-bond donors (Lipinski definition) is 0. The van der Waals surface area contributed by atoms with Gasteiger partial charge < -0.3 is 4.90 Å². The molecular formula is C16H24N2O3S. The summed E-state index contributed by atoms with van der Waals surface area (Å²) < 4.78 is 26.0. The second-order valence-electron chi connectivity index (χ2n) is 5.92. The maximum Gasteiger partial charge on any atom is 0.238 e. The van der Waals surface area contributed by atoms with Crippen molar-refractivity contribution in [2.45, 2.75) is 32.7 Å². The predicted molar refractivity (Wildman–Crippen MR) is 87.0 cm³/mol. The molecule has 0 aliphatic carbocycles. The van der Waals surface area contributed by atoms with Crippen LogP contribution >= 0.6 is 0 Å². The van der Waals surface area contributed by atoms with Gasteiger partial charge in [0.15, 0.2) is 0 Å². The fourth-order valence-corrected chi connectivity index (χ4v) is 4.12. The molecule has 1 amide bonds. The molecule has 2 rings (SSSR count). The molecule has 0 bridgehead atoms. The maximum atomic E-state index is 12.4. The van der Waals surface area contributed by atoms with Crippen LogP contribution in [0.4, 0.5) is 0 Å². The minimum Gasteiger partial charge on any atom is -0.338 e.